The fourth-order valence-corrected chi connectivity index (χ4v) is 4.63. The lowest BCUT2D eigenvalue weighted by Crippen LogP contribution is -2.27. The number of phenolic OH excluding ortho intramolecular Hbond substituents is 1. The molecule has 1 atom stereocenters. The van der Waals surface area contributed by atoms with Gasteiger partial charge in [-0.2, -0.15) is 0 Å². The molecule has 0 saturated heterocycles. The van der Waals surface area contributed by atoms with Crippen molar-refractivity contribution in [3.05, 3.63) is 64.6 Å². The summed E-state index contributed by atoms with van der Waals surface area (Å²) in [5.74, 6) is -2.83. The van der Waals surface area contributed by atoms with Crippen molar-refractivity contribution in [1.82, 2.24) is 4.57 Å². The maximum Gasteiger partial charge on any atom is 0.311 e. The first kappa shape index (κ1) is 19.6. The Hall–Kier alpha value is -2.73. The van der Waals surface area contributed by atoms with Gasteiger partial charge < -0.3 is 14.8 Å². The third-order valence-corrected chi connectivity index (χ3v) is 6.44. The molecule has 1 aliphatic rings. The quantitative estimate of drug-likeness (QED) is 0.572. The number of phenols is 1. The van der Waals surface area contributed by atoms with Crippen LogP contribution in [0.3, 0.4) is 0 Å². The molecular weight excluding hydrogens is 389 g/mol. The van der Waals surface area contributed by atoms with Crippen LogP contribution in [0.1, 0.15) is 47.6 Å². The van der Waals surface area contributed by atoms with Crippen molar-refractivity contribution >= 4 is 34.1 Å². The summed E-state index contributed by atoms with van der Waals surface area (Å²) in [7, 11) is 0. The Morgan fingerprint density at radius 3 is 2.41 bits per heavy atom. The van der Waals surface area contributed by atoms with Crippen molar-refractivity contribution in [2.75, 3.05) is 0 Å². The van der Waals surface area contributed by atoms with E-state index in [4.69, 9.17) is 12.2 Å². The minimum absolute atomic E-state index is 0.0328. The minimum atomic E-state index is -0.901. The molecule has 0 amide bonds. The number of hydrogen-bond donors (Lipinski definition) is 2. The molecule has 150 valence electrons. The molecule has 0 spiro atoms. The normalized spacial score (nSPS) is 15.3. The minimum Gasteiger partial charge on any atom is -0.505 e. The number of aromatic hydroxyl groups is 1. The summed E-state index contributed by atoms with van der Waals surface area (Å²) in [4.78, 5) is 12.7. The van der Waals surface area contributed by atoms with Gasteiger partial charge in [-0.25, -0.2) is 4.39 Å². The highest BCUT2D eigenvalue weighted by Crippen LogP contribution is 2.45. The molecule has 1 fully saturated rings. The zero-order chi connectivity index (χ0) is 20.9. The molecule has 4 nitrogen and oxygen atoms in total. The van der Waals surface area contributed by atoms with Crippen molar-refractivity contribution in [2.45, 2.75) is 39.0 Å². The number of nitrogens with zero attached hydrogens (tertiary/aromatic N) is 1. The first-order valence-corrected chi connectivity index (χ1v) is 10.1. The number of carboxylic acids is 1. The van der Waals surface area contributed by atoms with Gasteiger partial charge in [-0.15, -0.1) is 0 Å². The van der Waals surface area contributed by atoms with Crippen molar-refractivity contribution in [1.29, 1.82) is 0 Å². The molecule has 1 aliphatic carbocycles. The monoisotopic (exact) mass is 411 g/mol. The molecule has 0 bridgehead atoms. The number of hydrogen-bond acceptors (Lipinski definition) is 3. The summed E-state index contributed by atoms with van der Waals surface area (Å²) in [5, 5.41) is 20.5. The van der Waals surface area contributed by atoms with Crippen LogP contribution in [0.4, 0.5) is 4.39 Å². The average Bonchev–Trinajstić information content (AvgIpc) is 2.89. The maximum absolute atomic E-state index is 14.3. The van der Waals surface area contributed by atoms with E-state index in [1.807, 2.05) is 38.1 Å². The van der Waals surface area contributed by atoms with E-state index < -0.39 is 23.5 Å². The van der Waals surface area contributed by atoms with E-state index >= 15 is 0 Å². The summed E-state index contributed by atoms with van der Waals surface area (Å²) in [5.41, 5.74) is 3.65. The molecule has 1 aromatic heterocycles. The third-order valence-electron chi connectivity index (χ3n) is 6.02. The van der Waals surface area contributed by atoms with Crippen LogP contribution in [0.5, 0.6) is 5.75 Å². The summed E-state index contributed by atoms with van der Waals surface area (Å²) in [6.07, 6.45) is 2.70. The maximum atomic E-state index is 14.3. The summed E-state index contributed by atoms with van der Waals surface area (Å²) in [6, 6.07) is 10.3. The van der Waals surface area contributed by atoms with Crippen LogP contribution >= 0.6 is 12.2 Å². The second-order valence-electron chi connectivity index (χ2n) is 7.83. The molecule has 1 heterocycles. The highest BCUT2D eigenvalue weighted by molar-refractivity contribution is 7.80. The Balaban J connectivity index is 1.98. The number of aryl methyl sites for hydroxylation is 1. The molecule has 3 aromatic rings. The van der Waals surface area contributed by atoms with Crippen LogP contribution in [-0.2, 0) is 4.79 Å². The number of thiocarbonyl (C=S) groups is 1. The molecule has 29 heavy (non-hydrogen) atoms. The first-order chi connectivity index (χ1) is 13.8. The van der Waals surface area contributed by atoms with Crippen molar-refractivity contribution in [2.24, 2.45) is 5.92 Å². The summed E-state index contributed by atoms with van der Waals surface area (Å²) < 4.78 is 16.0. The number of halogens is 1. The van der Waals surface area contributed by atoms with Crippen molar-refractivity contribution < 1.29 is 19.4 Å². The predicted molar refractivity (Wildman–Crippen MR) is 114 cm³/mol. The third kappa shape index (κ3) is 3.21. The van der Waals surface area contributed by atoms with Gasteiger partial charge in [0.05, 0.1) is 11.4 Å². The molecule has 2 aromatic carbocycles. The van der Waals surface area contributed by atoms with Gasteiger partial charge in [-0.1, -0.05) is 48.5 Å². The van der Waals surface area contributed by atoms with Gasteiger partial charge in [-0.05, 0) is 44.2 Å². The van der Waals surface area contributed by atoms with Crippen molar-refractivity contribution in [3.63, 3.8) is 0 Å². The van der Waals surface area contributed by atoms with E-state index in [9.17, 15) is 19.4 Å². The van der Waals surface area contributed by atoms with Gasteiger partial charge in [0.15, 0.2) is 11.6 Å². The molecule has 0 radical (unpaired) electrons. The summed E-state index contributed by atoms with van der Waals surface area (Å²) >= 11 is 5.73. The number of aliphatic carboxylic acids is 1. The van der Waals surface area contributed by atoms with E-state index in [-0.39, 0.29) is 5.92 Å². The zero-order valence-electron chi connectivity index (χ0n) is 16.3. The SMILES string of the molecule is Cc1ccc(C(=S)n2c(C)c(C(C(=O)O)C3CCC3)c3cc(O)c(F)cc32)cc1. The van der Waals surface area contributed by atoms with E-state index in [1.165, 1.54) is 12.1 Å². The van der Waals surface area contributed by atoms with Crippen LogP contribution in [0, 0.1) is 25.6 Å². The molecule has 0 aliphatic heterocycles. The summed E-state index contributed by atoms with van der Waals surface area (Å²) in [6.45, 7) is 3.80. The first-order valence-electron chi connectivity index (χ1n) is 9.67. The number of carbonyl (C=O) groups is 1. The van der Waals surface area contributed by atoms with Gasteiger partial charge in [0, 0.05) is 22.7 Å². The lowest BCUT2D eigenvalue weighted by atomic mass is 9.72. The lowest BCUT2D eigenvalue weighted by molar-refractivity contribution is -0.141. The molecule has 1 unspecified atom stereocenters. The smallest absolute Gasteiger partial charge is 0.311 e. The van der Waals surface area contributed by atoms with Crippen LogP contribution in [0.2, 0.25) is 0 Å². The predicted octanol–water partition coefficient (Wildman–Crippen LogP) is 5.29. The Morgan fingerprint density at radius 1 is 1.21 bits per heavy atom. The Kier molecular flexibility index (Phi) is 4.90. The number of aromatic nitrogens is 1. The average molecular weight is 411 g/mol. The number of fused-ring (bicyclic) bond motifs is 1. The standard InChI is InChI=1S/C23H22FNO3S/c1-12-6-8-15(9-7-12)22(29)25-13(2)20(21(23(27)28)14-4-3-5-14)16-10-19(26)17(24)11-18(16)25/h6-11,14,21,26H,3-5H2,1-2H3,(H,27,28). The van der Waals surface area contributed by atoms with Crippen LogP contribution in [0.25, 0.3) is 10.9 Å². The topological polar surface area (TPSA) is 62.5 Å². The molecule has 6 heteroatoms. The molecular formula is C23H22FNO3S. The second-order valence-corrected chi connectivity index (χ2v) is 8.22. The fraction of sp³-hybridized carbons (Fsp3) is 0.304. The number of carboxylic acid groups (broad SMARTS) is 1. The van der Waals surface area contributed by atoms with Gasteiger partial charge in [0.2, 0.25) is 0 Å². The second kappa shape index (κ2) is 7.26. The van der Waals surface area contributed by atoms with Gasteiger partial charge >= 0.3 is 5.97 Å². The largest absolute Gasteiger partial charge is 0.505 e. The van der Waals surface area contributed by atoms with E-state index in [1.54, 1.807) is 4.57 Å². The Bertz CT molecular complexity index is 1130. The zero-order valence-corrected chi connectivity index (χ0v) is 17.1. The van der Waals surface area contributed by atoms with Crippen LogP contribution in [-0.4, -0.2) is 25.7 Å². The van der Waals surface area contributed by atoms with E-state index in [0.29, 0.717) is 27.1 Å². The van der Waals surface area contributed by atoms with Crippen LogP contribution < -0.4 is 0 Å². The highest BCUT2D eigenvalue weighted by Gasteiger charge is 2.38. The van der Waals surface area contributed by atoms with Gasteiger partial charge in [-0.3, -0.25) is 4.79 Å². The molecule has 1 saturated carbocycles. The lowest BCUT2D eigenvalue weighted by Gasteiger charge is -2.31. The fourth-order valence-electron chi connectivity index (χ4n) is 4.26. The van der Waals surface area contributed by atoms with E-state index in [2.05, 4.69) is 0 Å². The number of benzene rings is 2. The highest BCUT2D eigenvalue weighted by atomic mass is 32.1. The van der Waals surface area contributed by atoms with Crippen LogP contribution in [0.15, 0.2) is 36.4 Å². The molecule has 2 N–H and O–H groups in total. The van der Waals surface area contributed by atoms with Gasteiger partial charge in [0.1, 0.15) is 4.99 Å². The van der Waals surface area contributed by atoms with Gasteiger partial charge in [0.25, 0.3) is 0 Å². The van der Waals surface area contributed by atoms with Crippen molar-refractivity contribution in [3.8, 4) is 5.75 Å². The Morgan fingerprint density at radius 2 is 1.86 bits per heavy atom. The van der Waals surface area contributed by atoms with E-state index in [0.717, 1.165) is 30.4 Å². The molecule has 4 rings (SSSR count). The Labute approximate surface area is 173 Å². The number of rotatable bonds is 4.